The summed E-state index contributed by atoms with van der Waals surface area (Å²) in [5.74, 6) is -0.0262. The van der Waals surface area contributed by atoms with Crippen molar-refractivity contribution in [3.05, 3.63) is 76.6 Å². The minimum atomic E-state index is -0.280. The summed E-state index contributed by atoms with van der Waals surface area (Å²) in [6, 6.07) is 15.1. The maximum absolute atomic E-state index is 13.2. The molecule has 7 nitrogen and oxygen atoms in total. The number of carbonyl (C=O) groups is 2. The molecule has 4 rings (SSSR count). The molecule has 1 aromatic heterocycles. The van der Waals surface area contributed by atoms with Gasteiger partial charge in [0.15, 0.2) is 0 Å². The maximum atomic E-state index is 13.2. The van der Waals surface area contributed by atoms with Gasteiger partial charge in [-0.2, -0.15) is 5.10 Å². The van der Waals surface area contributed by atoms with Gasteiger partial charge in [0, 0.05) is 36.9 Å². The van der Waals surface area contributed by atoms with Crippen molar-refractivity contribution in [3.63, 3.8) is 0 Å². The predicted octanol–water partition coefficient (Wildman–Crippen LogP) is 4.87. The molecule has 0 atom stereocenters. The van der Waals surface area contributed by atoms with Gasteiger partial charge in [0.25, 0.3) is 5.91 Å². The number of hydrogen-bond acceptors (Lipinski definition) is 3. The van der Waals surface area contributed by atoms with E-state index in [9.17, 15) is 9.59 Å². The number of aromatic nitrogens is 2. The summed E-state index contributed by atoms with van der Waals surface area (Å²) in [6.07, 6.45) is 0.673. The van der Waals surface area contributed by atoms with Gasteiger partial charge >= 0.3 is 6.03 Å². The Hall–Kier alpha value is -3.61. The van der Waals surface area contributed by atoms with Gasteiger partial charge < -0.3 is 15.5 Å². The van der Waals surface area contributed by atoms with Crippen LogP contribution in [0.1, 0.15) is 53.6 Å². The number of fused-ring (bicyclic) bond motifs is 1. The first kappa shape index (κ1) is 22.6. The zero-order valence-corrected chi connectivity index (χ0v) is 19.9. The van der Waals surface area contributed by atoms with Crippen LogP contribution in [-0.4, -0.2) is 33.2 Å². The highest BCUT2D eigenvalue weighted by atomic mass is 16.2. The number of amides is 3. The number of nitrogens with one attached hydrogen (secondary N) is 2. The highest BCUT2D eigenvalue weighted by Crippen LogP contribution is 2.28. The second-order valence-corrected chi connectivity index (χ2v) is 9.66. The Morgan fingerprint density at radius 1 is 1.03 bits per heavy atom. The summed E-state index contributed by atoms with van der Waals surface area (Å²) in [5, 5.41) is 10.4. The highest BCUT2D eigenvalue weighted by molar-refractivity contribution is 6.00. The Bertz CT molecular complexity index is 1210. The SMILES string of the molecule is Cc1cccc(NC(=O)Nc2cccc3c2CCN(C(=O)c2cc(C(C)(C)C)nn2C)C3)c1. The number of urea groups is 1. The molecule has 3 aromatic rings. The summed E-state index contributed by atoms with van der Waals surface area (Å²) in [7, 11) is 1.81. The molecule has 0 radical (unpaired) electrons. The second-order valence-electron chi connectivity index (χ2n) is 9.66. The van der Waals surface area contributed by atoms with Gasteiger partial charge in [-0.1, -0.05) is 45.0 Å². The molecular formula is C26H31N5O2. The Labute approximate surface area is 194 Å². The molecule has 0 aliphatic carbocycles. The number of carbonyl (C=O) groups excluding carboxylic acids is 2. The van der Waals surface area contributed by atoms with Crippen LogP contribution >= 0.6 is 0 Å². The lowest BCUT2D eigenvalue weighted by molar-refractivity contribution is 0.0723. The first-order valence-electron chi connectivity index (χ1n) is 11.2. The first-order chi connectivity index (χ1) is 15.6. The van der Waals surface area contributed by atoms with Crippen LogP contribution in [0.15, 0.2) is 48.5 Å². The molecule has 0 bridgehead atoms. The van der Waals surface area contributed by atoms with Crippen molar-refractivity contribution >= 4 is 23.3 Å². The summed E-state index contributed by atoms with van der Waals surface area (Å²) in [6.45, 7) is 9.33. The van der Waals surface area contributed by atoms with Crippen molar-refractivity contribution in [2.45, 2.75) is 46.1 Å². The van der Waals surface area contributed by atoms with E-state index in [0.29, 0.717) is 25.2 Å². The van der Waals surface area contributed by atoms with E-state index in [1.54, 1.807) is 4.68 Å². The fraction of sp³-hybridized carbons (Fsp3) is 0.346. The zero-order valence-electron chi connectivity index (χ0n) is 19.9. The van der Waals surface area contributed by atoms with Crippen LogP contribution in [0.4, 0.5) is 16.2 Å². The van der Waals surface area contributed by atoms with E-state index in [0.717, 1.165) is 33.8 Å². The Morgan fingerprint density at radius 2 is 1.79 bits per heavy atom. The molecule has 1 aliphatic rings. The van der Waals surface area contributed by atoms with E-state index >= 15 is 0 Å². The summed E-state index contributed by atoms with van der Waals surface area (Å²) >= 11 is 0. The van der Waals surface area contributed by atoms with E-state index in [4.69, 9.17) is 0 Å². The summed E-state index contributed by atoms with van der Waals surface area (Å²) in [5.41, 5.74) is 6.09. The lowest BCUT2D eigenvalue weighted by atomic mass is 9.92. The molecule has 172 valence electrons. The lowest BCUT2D eigenvalue weighted by Gasteiger charge is -2.30. The molecule has 3 amide bonds. The molecule has 0 saturated carbocycles. The molecule has 0 unspecified atom stereocenters. The van der Waals surface area contributed by atoms with Crippen LogP contribution in [0.3, 0.4) is 0 Å². The van der Waals surface area contributed by atoms with E-state index in [2.05, 4.69) is 36.5 Å². The van der Waals surface area contributed by atoms with Crippen LogP contribution in [0.5, 0.6) is 0 Å². The monoisotopic (exact) mass is 445 g/mol. The summed E-state index contributed by atoms with van der Waals surface area (Å²) < 4.78 is 1.67. The molecule has 2 heterocycles. The van der Waals surface area contributed by atoms with Crippen LogP contribution in [0, 0.1) is 6.92 Å². The van der Waals surface area contributed by atoms with Crippen molar-refractivity contribution < 1.29 is 9.59 Å². The third-order valence-corrected chi connectivity index (χ3v) is 5.94. The first-order valence-corrected chi connectivity index (χ1v) is 11.2. The highest BCUT2D eigenvalue weighted by Gasteiger charge is 2.28. The number of rotatable bonds is 3. The van der Waals surface area contributed by atoms with Gasteiger partial charge in [-0.25, -0.2) is 4.79 Å². The number of hydrogen-bond donors (Lipinski definition) is 2. The van der Waals surface area contributed by atoms with E-state index in [-0.39, 0.29) is 17.4 Å². The lowest BCUT2D eigenvalue weighted by Crippen LogP contribution is -2.37. The zero-order chi connectivity index (χ0) is 23.8. The Kier molecular flexibility index (Phi) is 5.97. The Morgan fingerprint density at radius 3 is 2.48 bits per heavy atom. The van der Waals surface area contributed by atoms with E-state index in [1.165, 1.54) is 0 Å². The quantitative estimate of drug-likeness (QED) is 0.604. The molecule has 33 heavy (non-hydrogen) atoms. The van der Waals surface area contributed by atoms with Crippen LogP contribution < -0.4 is 10.6 Å². The number of anilines is 2. The molecule has 1 aliphatic heterocycles. The fourth-order valence-electron chi connectivity index (χ4n) is 4.10. The number of aryl methyl sites for hydroxylation is 2. The minimum Gasteiger partial charge on any atom is -0.333 e. The van der Waals surface area contributed by atoms with Gasteiger partial charge in [0.1, 0.15) is 5.69 Å². The molecular weight excluding hydrogens is 414 g/mol. The predicted molar refractivity (Wildman–Crippen MR) is 131 cm³/mol. The van der Waals surface area contributed by atoms with Crippen molar-refractivity contribution in [2.75, 3.05) is 17.2 Å². The maximum Gasteiger partial charge on any atom is 0.323 e. The average Bonchev–Trinajstić information content (AvgIpc) is 3.15. The fourth-order valence-corrected chi connectivity index (χ4v) is 4.10. The number of benzene rings is 2. The summed E-state index contributed by atoms with van der Waals surface area (Å²) in [4.78, 5) is 27.7. The molecule has 7 heteroatoms. The molecule has 2 aromatic carbocycles. The third kappa shape index (κ3) is 4.92. The van der Waals surface area contributed by atoms with E-state index < -0.39 is 0 Å². The standard InChI is InChI=1S/C26H31N5O2/c1-17-8-6-10-19(14-17)27-25(33)28-21-11-7-9-18-16-31(13-12-20(18)21)24(32)22-15-23(26(2,3)4)29-30(22)5/h6-11,14-15H,12-13,16H2,1-5H3,(H2,27,28,33). The molecule has 2 N–H and O–H groups in total. The van der Waals surface area contributed by atoms with Crippen LogP contribution in [-0.2, 0) is 25.4 Å². The van der Waals surface area contributed by atoms with Crippen molar-refractivity contribution in [2.24, 2.45) is 7.05 Å². The van der Waals surface area contributed by atoms with Crippen LogP contribution in [0.25, 0.3) is 0 Å². The molecule has 0 spiro atoms. The van der Waals surface area contributed by atoms with Gasteiger partial charge in [0.2, 0.25) is 0 Å². The van der Waals surface area contributed by atoms with Crippen molar-refractivity contribution in [1.82, 2.24) is 14.7 Å². The molecule has 0 fully saturated rings. The van der Waals surface area contributed by atoms with Crippen molar-refractivity contribution in [1.29, 1.82) is 0 Å². The average molecular weight is 446 g/mol. The van der Waals surface area contributed by atoms with Gasteiger partial charge in [-0.3, -0.25) is 9.48 Å². The topological polar surface area (TPSA) is 79.3 Å². The normalized spacial score (nSPS) is 13.4. The van der Waals surface area contributed by atoms with Gasteiger partial charge in [-0.05, 0) is 54.3 Å². The third-order valence-electron chi connectivity index (χ3n) is 5.94. The largest absolute Gasteiger partial charge is 0.333 e. The second kappa shape index (κ2) is 8.73. The number of nitrogens with zero attached hydrogens (tertiary/aromatic N) is 3. The molecule has 0 saturated heterocycles. The van der Waals surface area contributed by atoms with E-state index in [1.807, 2.05) is 67.4 Å². The van der Waals surface area contributed by atoms with Gasteiger partial charge in [-0.15, -0.1) is 0 Å². The smallest absolute Gasteiger partial charge is 0.323 e. The minimum absolute atomic E-state index is 0.0262. The van der Waals surface area contributed by atoms with Crippen LogP contribution in [0.2, 0.25) is 0 Å². The van der Waals surface area contributed by atoms with Crippen molar-refractivity contribution in [3.8, 4) is 0 Å². The Balaban J connectivity index is 1.48. The van der Waals surface area contributed by atoms with Gasteiger partial charge in [0.05, 0.1) is 5.69 Å².